The molecule has 2 rings (SSSR count). The highest BCUT2D eigenvalue weighted by atomic mass is 32.2. The minimum atomic E-state index is -0.376. The molecule has 1 aromatic carbocycles. The second kappa shape index (κ2) is 9.16. The largest absolute Gasteiger partial charge is 0.462 e. The number of esters is 1. The molecule has 0 aliphatic rings. The molecule has 0 aliphatic carbocycles. The van der Waals surface area contributed by atoms with Gasteiger partial charge < -0.3 is 10.1 Å². The third-order valence-electron chi connectivity index (χ3n) is 3.19. The first-order chi connectivity index (χ1) is 12.0. The van der Waals surface area contributed by atoms with Crippen molar-refractivity contribution in [2.24, 2.45) is 0 Å². The number of rotatable bonds is 8. The number of thioether (sulfide) groups is 1. The summed E-state index contributed by atoms with van der Waals surface area (Å²) in [6.07, 6.45) is 0. The summed E-state index contributed by atoms with van der Waals surface area (Å²) < 4.78 is 6.65. The molecule has 8 nitrogen and oxygen atoms in total. The summed E-state index contributed by atoms with van der Waals surface area (Å²) in [4.78, 5) is 23.6. The molecule has 0 fully saturated rings. The number of hydrogen-bond acceptors (Lipinski definition) is 7. The molecule has 0 unspecified atom stereocenters. The molecule has 2 aromatic rings. The zero-order valence-corrected chi connectivity index (χ0v) is 15.2. The van der Waals surface area contributed by atoms with E-state index >= 15 is 0 Å². The maximum Gasteiger partial charge on any atom is 0.338 e. The first-order valence-electron chi connectivity index (χ1n) is 7.92. The van der Waals surface area contributed by atoms with E-state index in [1.165, 1.54) is 11.8 Å². The quantitative estimate of drug-likeness (QED) is 0.718. The van der Waals surface area contributed by atoms with Gasteiger partial charge in [0.05, 0.1) is 29.7 Å². The monoisotopic (exact) mass is 363 g/mol. The van der Waals surface area contributed by atoms with E-state index in [0.29, 0.717) is 23.6 Å². The van der Waals surface area contributed by atoms with Gasteiger partial charge in [-0.1, -0.05) is 0 Å². The van der Waals surface area contributed by atoms with E-state index in [1.807, 2.05) is 13.8 Å². The van der Waals surface area contributed by atoms with Crippen molar-refractivity contribution >= 4 is 29.3 Å². The summed E-state index contributed by atoms with van der Waals surface area (Å²) in [5.41, 5.74) is 1.08. The number of benzene rings is 1. The zero-order valence-electron chi connectivity index (χ0n) is 14.4. The summed E-state index contributed by atoms with van der Waals surface area (Å²) in [6, 6.07) is 6.77. The number of carbonyl (C=O) groups excluding carboxylic acids is 2. The fourth-order valence-electron chi connectivity index (χ4n) is 2.04. The topological polar surface area (TPSA) is 99.0 Å². The molecular formula is C16H21N5O3S. The van der Waals surface area contributed by atoms with Crippen molar-refractivity contribution in [2.75, 3.05) is 17.7 Å². The molecular weight excluding hydrogens is 342 g/mol. The maximum atomic E-state index is 12.0. The number of ether oxygens (including phenoxy) is 1. The number of amides is 1. The number of carbonyl (C=O) groups is 2. The fourth-order valence-corrected chi connectivity index (χ4v) is 2.78. The van der Waals surface area contributed by atoms with E-state index in [2.05, 4.69) is 20.8 Å². The van der Waals surface area contributed by atoms with Crippen LogP contribution in [0.1, 0.15) is 43.0 Å². The second-order valence-corrected chi connectivity index (χ2v) is 6.46. The first kappa shape index (κ1) is 18.9. The zero-order chi connectivity index (χ0) is 18.2. The Bertz CT molecular complexity index is 715. The highest BCUT2D eigenvalue weighted by molar-refractivity contribution is 7.99. The lowest BCUT2D eigenvalue weighted by atomic mass is 10.2. The van der Waals surface area contributed by atoms with Crippen molar-refractivity contribution in [2.45, 2.75) is 32.6 Å². The van der Waals surface area contributed by atoms with Gasteiger partial charge in [0.2, 0.25) is 5.91 Å². The van der Waals surface area contributed by atoms with Gasteiger partial charge in [0.15, 0.2) is 5.82 Å². The van der Waals surface area contributed by atoms with Crippen molar-refractivity contribution in [3.63, 3.8) is 0 Å². The standard InChI is InChI=1S/C16H21N5O3S/c1-4-24-16(23)12-5-7-13(8-6-12)17-15(22)10-25-9-14-18-19-20-21(14)11(2)3/h5-8,11H,4,9-10H2,1-3H3,(H,17,22). The van der Waals surface area contributed by atoms with Gasteiger partial charge >= 0.3 is 5.97 Å². The molecule has 0 saturated carbocycles. The number of tetrazole rings is 1. The van der Waals surface area contributed by atoms with Crippen molar-refractivity contribution in [3.8, 4) is 0 Å². The van der Waals surface area contributed by atoms with E-state index in [4.69, 9.17) is 4.74 Å². The average Bonchev–Trinajstić information content (AvgIpc) is 3.04. The van der Waals surface area contributed by atoms with Crippen LogP contribution in [0.15, 0.2) is 24.3 Å². The highest BCUT2D eigenvalue weighted by Gasteiger charge is 2.11. The molecule has 0 radical (unpaired) electrons. The Labute approximate surface area is 150 Å². The SMILES string of the molecule is CCOC(=O)c1ccc(NC(=O)CSCc2nnnn2C(C)C)cc1. The fraction of sp³-hybridized carbons (Fsp3) is 0.438. The highest BCUT2D eigenvalue weighted by Crippen LogP contribution is 2.14. The number of anilines is 1. The Balaban J connectivity index is 1.80. The molecule has 1 N–H and O–H groups in total. The van der Waals surface area contributed by atoms with Gasteiger partial charge in [-0.05, 0) is 55.5 Å². The molecule has 1 amide bonds. The van der Waals surface area contributed by atoms with Gasteiger partial charge in [-0.15, -0.1) is 16.9 Å². The molecule has 134 valence electrons. The van der Waals surface area contributed by atoms with Crippen LogP contribution in [-0.4, -0.2) is 44.4 Å². The predicted octanol–water partition coefficient (Wildman–Crippen LogP) is 2.30. The van der Waals surface area contributed by atoms with E-state index in [-0.39, 0.29) is 23.7 Å². The molecule has 1 heterocycles. The van der Waals surface area contributed by atoms with Crippen LogP contribution in [0.2, 0.25) is 0 Å². The van der Waals surface area contributed by atoms with Crippen LogP contribution in [0.4, 0.5) is 5.69 Å². The van der Waals surface area contributed by atoms with Crippen LogP contribution in [0.3, 0.4) is 0 Å². The summed E-state index contributed by atoms with van der Waals surface area (Å²) >= 11 is 1.44. The third-order valence-corrected chi connectivity index (χ3v) is 4.12. The van der Waals surface area contributed by atoms with Gasteiger partial charge in [-0.25, -0.2) is 9.48 Å². The molecule has 9 heteroatoms. The Morgan fingerprint density at radius 1 is 1.28 bits per heavy atom. The first-order valence-corrected chi connectivity index (χ1v) is 9.08. The van der Waals surface area contributed by atoms with Crippen LogP contribution in [0, 0.1) is 0 Å². The van der Waals surface area contributed by atoms with E-state index in [1.54, 1.807) is 35.9 Å². The van der Waals surface area contributed by atoms with Crippen molar-refractivity contribution in [1.29, 1.82) is 0 Å². The van der Waals surface area contributed by atoms with Crippen LogP contribution in [0.25, 0.3) is 0 Å². The van der Waals surface area contributed by atoms with Crippen molar-refractivity contribution in [3.05, 3.63) is 35.7 Å². The lowest BCUT2D eigenvalue weighted by molar-refractivity contribution is -0.113. The minimum Gasteiger partial charge on any atom is -0.462 e. The maximum absolute atomic E-state index is 12.0. The summed E-state index contributed by atoms with van der Waals surface area (Å²) in [6.45, 7) is 6.08. The molecule has 0 saturated heterocycles. The average molecular weight is 363 g/mol. The summed E-state index contributed by atoms with van der Waals surface area (Å²) in [7, 11) is 0. The second-order valence-electron chi connectivity index (χ2n) is 5.47. The van der Waals surface area contributed by atoms with Gasteiger partial charge in [-0.3, -0.25) is 4.79 Å². The normalized spacial score (nSPS) is 10.7. The van der Waals surface area contributed by atoms with E-state index in [9.17, 15) is 9.59 Å². The smallest absolute Gasteiger partial charge is 0.338 e. The van der Waals surface area contributed by atoms with Gasteiger partial charge in [-0.2, -0.15) is 0 Å². The van der Waals surface area contributed by atoms with Gasteiger partial charge in [0.25, 0.3) is 0 Å². The van der Waals surface area contributed by atoms with Crippen molar-refractivity contribution in [1.82, 2.24) is 20.2 Å². The van der Waals surface area contributed by atoms with Crippen molar-refractivity contribution < 1.29 is 14.3 Å². The number of hydrogen-bond donors (Lipinski definition) is 1. The van der Waals surface area contributed by atoms with Crippen LogP contribution in [-0.2, 0) is 15.3 Å². The number of aromatic nitrogens is 4. The minimum absolute atomic E-state index is 0.127. The third kappa shape index (κ3) is 5.56. The Morgan fingerprint density at radius 2 is 2.00 bits per heavy atom. The molecule has 0 atom stereocenters. The molecule has 0 bridgehead atoms. The molecule has 0 aliphatic heterocycles. The molecule has 1 aromatic heterocycles. The van der Waals surface area contributed by atoms with Crippen LogP contribution >= 0.6 is 11.8 Å². The summed E-state index contributed by atoms with van der Waals surface area (Å²) in [5, 5.41) is 14.3. The van der Waals surface area contributed by atoms with Gasteiger partial charge in [0, 0.05) is 5.69 Å². The predicted molar refractivity (Wildman–Crippen MR) is 95.4 cm³/mol. The Morgan fingerprint density at radius 3 is 2.64 bits per heavy atom. The van der Waals surface area contributed by atoms with E-state index < -0.39 is 0 Å². The Hall–Kier alpha value is -2.42. The number of nitrogens with zero attached hydrogens (tertiary/aromatic N) is 4. The number of nitrogens with one attached hydrogen (secondary N) is 1. The lowest BCUT2D eigenvalue weighted by Crippen LogP contribution is -2.15. The lowest BCUT2D eigenvalue weighted by Gasteiger charge is -2.08. The van der Waals surface area contributed by atoms with Crippen LogP contribution in [0.5, 0.6) is 0 Å². The van der Waals surface area contributed by atoms with Gasteiger partial charge in [0.1, 0.15) is 0 Å². The Kier molecular flexibility index (Phi) is 6.93. The van der Waals surface area contributed by atoms with Crippen LogP contribution < -0.4 is 5.32 Å². The molecule has 25 heavy (non-hydrogen) atoms. The molecule has 0 spiro atoms. The van der Waals surface area contributed by atoms with E-state index in [0.717, 1.165) is 5.82 Å². The summed E-state index contributed by atoms with van der Waals surface area (Å²) in [5.74, 6) is 1.08.